The number of rotatable bonds is 12. The summed E-state index contributed by atoms with van der Waals surface area (Å²) in [6.07, 6.45) is -1.41. The van der Waals surface area contributed by atoms with Crippen LogP contribution in [0.15, 0.2) is 72.8 Å². The second-order valence-corrected chi connectivity index (χ2v) is 13.2. The maximum Gasteiger partial charge on any atom is 0.407 e. The lowest BCUT2D eigenvalue weighted by molar-refractivity contribution is 0.0251. The normalized spacial score (nSPS) is 13.1. The van der Waals surface area contributed by atoms with Crippen LogP contribution in [0.5, 0.6) is 11.5 Å². The molecule has 0 bridgehead atoms. The van der Waals surface area contributed by atoms with Crippen LogP contribution < -0.4 is 19.5 Å². The van der Waals surface area contributed by atoms with Crippen molar-refractivity contribution in [1.82, 2.24) is 10.0 Å². The van der Waals surface area contributed by atoms with Gasteiger partial charge >= 0.3 is 6.09 Å². The molecule has 11 heteroatoms. The Morgan fingerprint density at radius 1 is 0.930 bits per heavy atom. The van der Waals surface area contributed by atoms with Gasteiger partial charge in [0.2, 0.25) is 10.0 Å². The van der Waals surface area contributed by atoms with Crippen LogP contribution >= 0.6 is 0 Å². The number of aliphatic hydroxyl groups excluding tert-OH is 1. The molecule has 1 unspecified atom stereocenters. The summed E-state index contributed by atoms with van der Waals surface area (Å²) < 4.78 is 42.5. The fourth-order valence-electron chi connectivity index (χ4n) is 4.09. The van der Waals surface area contributed by atoms with E-state index >= 15 is 0 Å². The lowest BCUT2D eigenvalue weighted by atomic mass is 10.0. The van der Waals surface area contributed by atoms with Crippen LogP contribution in [0.2, 0.25) is 0 Å². The summed E-state index contributed by atoms with van der Waals surface area (Å²) in [5.41, 5.74) is 1.85. The molecule has 3 rings (SSSR count). The molecule has 43 heavy (non-hydrogen) atoms. The maximum absolute atomic E-state index is 12.5. The zero-order valence-electron chi connectivity index (χ0n) is 25.3. The van der Waals surface area contributed by atoms with Crippen molar-refractivity contribution in [3.05, 3.63) is 83.9 Å². The van der Waals surface area contributed by atoms with Gasteiger partial charge in [-0.25, -0.2) is 17.9 Å². The number of carbonyl (C=O) groups excluding carboxylic acids is 2. The molecule has 0 aliphatic heterocycles. The van der Waals surface area contributed by atoms with Crippen molar-refractivity contribution in [2.45, 2.75) is 64.9 Å². The monoisotopic (exact) mass is 612 g/mol. The minimum absolute atomic E-state index is 0.0112. The van der Waals surface area contributed by atoms with Crippen LogP contribution in [0.3, 0.4) is 0 Å². The molecule has 0 saturated heterocycles. The van der Waals surface area contributed by atoms with E-state index in [0.29, 0.717) is 11.3 Å². The molecule has 0 fully saturated rings. The van der Waals surface area contributed by atoms with Crippen molar-refractivity contribution in [1.29, 1.82) is 0 Å². The second kappa shape index (κ2) is 14.4. The topological polar surface area (TPSA) is 140 Å². The van der Waals surface area contributed by atoms with E-state index in [4.69, 9.17) is 14.2 Å². The molecule has 0 radical (unpaired) electrons. The molecule has 0 saturated carbocycles. The number of benzene rings is 3. The van der Waals surface area contributed by atoms with Gasteiger partial charge in [-0.15, -0.1) is 0 Å². The highest BCUT2D eigenvalue weighted by Gasteiger charge is 2.24. The zero-order chi connectivity index (χ0) is 31.8. The van der Waals surface area contributed by atoms with Crippen molar-refractivity contribution in [2.75, 3.05) is 12.9 Å². The Labute approximate surface area is 253 Å². The summed E-state index contributed by atoms with van der Waals surface area (Å²) in [6.45, 7) is 9.15. The SMILES string of the molecule is CC(C)Oc1cc(-c2ccc(OCC(C[C@@H](O)c3ccccc3)OC(=O)NC(C)(C)C)cc2)ccc1C(=O)NS(C)(=O)=O. The number of aliphatic hydroxyl groups is 1. The quantitative estimate of drug-likeness (QED) is 0.253. The van der Waals surface area contributed by atoms with E-state index in [9.17, 15) is 23.1 Å². The molecular weight excluding hydrogens is 572 g/mol. The molecule has 0 aliphatic carbocycles. The van der Waals surface area contributed by atoms with E-state index in [0.717, 1.165) is 17.4 Å². The Balaban J connectivity index is 1.75. The summed E-state index contributed by atoms with van der Waals surface area (Å²) in [4.78, 5) is 25.0. The average molecular weight is 613 g/mol. The van der Waals surface area contributed by atoms with Gasteiger partial charge in [0.1, 0.15) is 24.2 Å². The zero-order valence-corrected chi connectivity index (χ0v) is 26.1. The fraction of sp³-hybridized carbons (Fsp3) is 0.375. The molecule has 0 spiro atoms. The first-order chi connectivity index (χ1) is 20.1. The molecular formula is C32H40N2O8S. The van der Waals surface area contributed by atoms with E-state index in [1.807, 2.05) is 55.8 Å². The van der Waals surface area contributed by atoms with Crippen LogP contribution in [-0.2, 0) is 14.8 Å². The fourth-order valence-corrected chi connectivity index (χ4v) is 4.54. The molecule has 3 aromatic carbocycles. The molecule has 0 aromatic heterocycles. The lowest BCUT2D eigenvalue weighted by Gasteiger charge is -2.25. The van der Waals surface area contributed by atoms with E-state index in [2.05, 4.69) is 5.32 Å². The van der Waals surface area contributed by atoms with Gasteiger partial charge in [0.25, 0.3) is 5.91 Å². The average Bonchev–Trinajstić information content (AvgIpc) is 2.90. The summed E-state index contributed by atoms with van der Waals surface area (Å²) in [5, 5.41) is 13.5. The van der Waals surface area contributed by atoms with Gasteiger partial charge in [-0.3, -0.25) is 4.79 Å². The van der Waals surface area contributed by atoms with E-state index < -0.39 is 39.8 Å². The van der Waals surface area contributed by atoms with Crippen molar-refractivity contribution in [2.24, 2.45) is 0 Å². The molecule has 3 aromatic rings. The highest BCUT2D eigenvalue weighted by Crippen LogP contribution is 2.30. The van der Waals surface area contributed by atoms with Crippen LogP contribution in [0.4, 0.5) is 4.79 Å². The van der Waals surface area contributed by atoms with Crippen LogP contribution in [0, 0.1) is 0 Å². The number of carbonyl (C=O) groups is 2. The summed E-state index contributed by atoms with van der Waals surface area (Å²) in [6, 6.07) is 21.2. The van der Waals surface area contributed by atoms with Gasteiger partial charge in [0.05, 0.1) is 24.0 Å². The Kier molecular flexibility index (Phi) is 11.2. The second-order valence-electron chi connectivity index (χ2n) is 11.5. The van der Waals surface area contributed by atoms with Crippen molar-refractivity contribution < 1.29 is 37.3 Å². The first-order valence-electron chi connectivity index (χ1n) is 13.9. The Morgan fingerprint density at radius 2 is 1.56 bits per heavy atom. The van der Waals surface area contributed by atoms with Crippen molar-refractivity contribution in [3.63, 3.8) is 0 Å². The standard InChI is InChI=1S/C32H40N2O8S/c1-21(2)41-29-18-24(14-17-27(29)30(36)34-43(6,38)39)22-12-15-25(16-13-22)40-20-26(42-31(37)33-32(3,4)5)19-28(35)23-10-8-7-9-11-23/h7-18,21,26,28,35H,19-20H2,1-6H3,(H,33,37)(H,34,36)/t26?,28-/m1/s1. The first-order valence-corrected chi connectivity index (χ1v) is 15.8. The minimum Gasteiger partial charge on any atom is -0.490 e. The number of sulfonamides is 1. The summed E-state index contributed by atoms with van der Waals surface area (Å²) >= 11 is 0. The van der Waals surface area contributed by atoms with Gasteiger partial charge in [-0.1, -0.05) is 48.5 Å². The third-order valence-corrected chi connectivity index (χ3v) is 6.47. The third kappa shape index (κ3) is 11.3. The van der Waals surface area contributed by atoms with E-state index in [-0.39, 0.29) is 30.4 Å². The number of alkyl carbamates (subject to hydrolysis) is 1. The Hall–Kier alpha value is -4.09. The number of hydrogen-bond acceptors (Lipinski definition) is 8. The van der Waals surface area contributed by atoms with Crippen molar-refractivity contribution >= 4 is 22.0 Å². The number of amides is 2. The van der Waals surface area contributed by atoms with Crippen molar-refractivity contribution in [3.8, 4) is 22.6 Å². The maximum atomic E-state index is 12.5. The number of ether oxygens (including phenoxy) is 3. The Morgan fingerprint density at radius 3 is 2.14 bits per heavy atom. The Bertz CT molecular complexity index is 1480. The number of hydrogen-bond donors (Lipinski definition) is 3. The molecule has 232 valence electrons. The van der Waals surface area contributed by atoms with Crippen LogP contribution in [0.25, 0.3) is 11.1 Å². The summed E-state index contributed by atoms with van der Waals surface area (Å²) in [7, 11) is -3.75. The smallest absolute Gasteiger partial charge is 0.407 e. The predicted molar refractivity (Wildman–Crippen MR) is 165 cm³/mol. The van der Waals surface area contributed by atoms with E-state index in [1.165, 1.54) is 6.07 Å². The van der Waals surface area contributed by atoms with Gasteiger partial charge in [-0.05, 0) is 75.6 Å². The van der Waals surface area contributed by atoms with Gasteiger partial charge in [-0.2, -0.15) is 0 Å². The van der Waals surface area contributed by atoms with Gasteiger partial charge < -0.3 is 24.6 Å². The lowest BCUT2D eigenvalue weighted by Crippen LogP contribution is -2.43. The molecule has 2 amide bonds. The molecule has 3 N–H and O–H groups in total. The molecule has 2 atom stereocenters. The number of nitrogens with one attached hydrogen (secondary N) is 2. The summed E-state index contributed by atoms with van der Waals surface area (Å²) in [5.74, 6) is -0.0103. The molecule has 0 heterocycles. The third-order valence-electron chi connectivity index (χ3n) is 5.91. The minimum atomic E-state index is -3.75. The molecule has 10 nitrogen and oxygen atoms in total. The van der Waals surface area contributed by atoms with Gasteiger partial charge in [0, 0.05) is 12.0 Å². The highest BCUT2D eigenvalue weighted by molar-refractivity contribution is 7.89. The largest absolute Gasteiger partial charge is 0.490 e. The van der Waals surface area contributed by atoms with Crippen LogP contribution in [0.1, 0.15) is 63.1 Å². The predicted octanol–water partition coefficient (Wildman–Crippen LogP) is 5.23. The molecule has 0 aliphatic rings. The van der Waals surface area contributed by atoms with E-state index in [1.54, 1.807) is 50.2 Å². The first kappa shape index (κ1) is 33.4. The van der Waals surface area contributed by atoms with Crippen LogP contribution in [-0.4, -0.2) is 56.1 Å². The highest BCUT2D eigenvalue weighted by atomic mass is 32.2. The van der Waals surface area contributed by atoms with Gasteiger partial charge in [0.15, 0.2) is 0 Å².